The molecule has 1 amide bonds. The van der Waals surface area contributed by atoms with Gasteiger partial charge in [-0.1, -0.05) is 43.3 Å². The number of hydrogen-bond acceptors (Lipinski definition) is 3. The maximum absolute atomic E-state index is 12.8. The largest absolute Gasteiger partial charge is 0.326 e. The summed E-state index contributed by atoms with van der Waals surface area (Å²) in [5, 5.41) is 2.98. The lowest BCUT2D eigenvalue weighted by molar-refractivity contribution is -0.120. The number of hydrogen-bond donors (Lipinski definition) is 1. The minimum atomic E-state index is -3.56. The molecule has 2 aromatic carbocycles. The fourth-order valence-corrected chi connectivity index (χ4v) is 4.85. The molecule has 6 heteroatoms. The smallest absolute Gasteiger partial charge is 0.243 e. The van der Waals surface area contributed by atoms with Crippen molar-refractivity contribution in [3.8, 4) is 0 Å². The Balaban J connectivity index is 1.73. The van der Waals surface area contributed by atoms with Crippen LogP contribution in [0.4, 0.5) is 5.69 Å². The van der Waals surface area contributed by atoms with Crippen LogP contribution in [0, 0.1) is 5.92 Å². The van der Waals surface area contributed by atoms with Crippen LogP contribution in [0.15, 0.2) is 59.5 Å². The highest BCUT2D eigenvalue weighted by atomic mass is 32.2. The van der Waals surface area contributed by atoms with Gasteiger partial charge < -0.3 is 5.32 Å². The number of nitrogens with one attached hydrogen (secondary N) is 1. The zero-order chi connectivity index (χ0) is 18.6. The Hall–Kier alpha value is -2.18. The zero-order valence-electron chi connectivity index (χ0n) is 14.9. The first-order valence-electron chi connectivity index (χ1n) is 8.96. The average molecular weight is 372 g/mol. The Morgan fingerprint density at radius 3 is 2.54 bits per heavy atom. The maximum atomic E-state index is 12.8. The minimum absolute atomic E-state index is 0.112. The third kappa shape index (κ3) is 3.97. The Morgan fingerprint density at radius 1 is 1.12 bits per heavy atom. The molecule has 1 fully saturated rings. The number of piperidine rings is 1. The van der Waals surface area contributed by atoms with E-state index in [1.807, 2.05) is 31.2 Å². The summed E-state index contributed by atoms with van der Waals surface area (Å²) in [6.45, 7) is 2.71. The summed E-state index contributed by atoms with van der Waals surface area (Å²) in [4.78, 5) is 13.0. The molecule has 0 bridgehead atoms. The third-order valence-corrected chi connectivity index (χ3v) is 6.67. The highest BCUT2D eigenvalue weighted by Crippen LogP contribution is 2.25. The molecule has 1 aliphatic heterocycles. The lowest BCUT2D eigenvalue weighted by Gasteiger charge is -2.31. The standard InChI is InChI=1S/C20H24N2O3S/c1-2-16-9-6-7-13-19(16)21-20(23)17-10-8-14-22(15-17)26(24,25)18-11-4-3-5-12-18/h3-7,9,11-13,17H,2,8,10,14-15H2,1H3,(H,21,23)/t17-/m1/s1. The summed E-state index contributed by atoms with van der Waals surface area (Å²) >= 11 is 0. The van der Waals surface area contributed by atoms with Crippen LogP contribution < -0.4 is 5.32 Å². The van der Waals surface area contributed by atoms with E-state index in [0.717, 1.165) is 17.7 Å². The zero-order valence-corrected chi connectivity index (χ0v) is 15.7. The van der Waals surface area contributed by atoms with Gasteiger partial charge in [-0.3, -0.25) is 4.79 Å². The molecule has 1 atom stereocenters. The number of para-hydroxylation sites is 1. The topological polar surface area (TPSA) is 66.5 Å². The van der Waals surface area contributed by atoms with Crippen molar-refractivity contribution in [1.29, 1.82) is 0 Å². The summed E-state index contributed by atoms with van der Waals surface area (Å²) in [7, 11) is -3.56. The number of amides is 1. The van der Waals surface area contributed by atoms with E-state index in [2.05, 4.69) is 5.32 Å². The number of sulfonamides is 1. The van der Waals surface area contributed by atoms with Gasteiger partial charge >= 0.3 is 0 Å². The predicted octanol–water partition coefficient (Wildman–Crippen LogP) is 3.29. The van der Waals surface area contributed by atoms with Crippen LogP contribution in [0.2, 0.25) is 0 Å². The molecule has 1 N–H and O–H groups in total. The lowest BCUT2D eigenvalue weighted by atomic mass is 9.98. The van der Waals surface area contributed by atoms with Gasteiger partial charge in [0.25, 0.3) is 0 Å². The second-order valence-corrected chi connectivity index (χ2v) is 8.45. The number of benzene rings is 2. The van der Waals surface area contributed by atoms with Gasteiger partial charge in [0.1, 0.15) is 0 Å². The van der Waals surface area contributed by atoms with E-state index in [0.29, 0.717) is 19.4 Å². The minimum Gasteiger partial charge on any atom is -0.326 e. The van der Waals surface area contributed by atoms with Gasteiger partial charge in [-0.15, -0.1) is 0 Å². The molecule has 26 heavy (non-hydrogen) atoms. The summed E-state index contributed by atoms with van der Waals surface area (Å²) < 4.78 is 27.0. The number of carbonyl (C=O) groups is 1. The Bertz CT molecular complexity index is 866. The van der Waals surface area contributed by atoms with E-state index in [9.17, 15) is 13.2 Å². The summed E-state index contributed by atoms with van der Waals surface area (Å²) in [6, 6.07) is 16.1. The number of rotatable bonds is 5. The van der Waals surface area contributed by atoms with Crippen LogP contribution in [-0.2, 0) is 21.2 Å². The van der Waals surface area contributed by atoms with Crippen molar-refractivity contribution < 1.29 is 13.2 Å². The Morgan fingerprint density at radius 2 is 1.81 bits per heavy atom. The van der Waals surface area contributed by atoms with Crippen LogP contribution in [0.3, 0.4) is 0 Å². The summed E-state index contributed by atoms with van der Waals surface area (Å²) in [5.74, 6) is -0.453. The molecule has 3 rings (SSSR count). The van der Waals surface area contributed by atoms with Gasteiger partial charge in [0, 0.05) is 18.8 Å². The molecule has 0 saturated carbocycles. The first-order chi connectivity index (χ1) is 12.5. The van der Waals surface area contributed by atoms with Crippen molar-refractivity contribution in [2.45, 2.75) is 31.1 Å². The molecule has 1 aliphatic rings. The number of nitrogens with zero attached hydrogens (tertiary/aromatic N) is 1. The fourth-order valence-electron chi connectivity index (χ4n) is 3.30. The normalized spacial score (nSPS) is 18.4. The van der Waals surface area contributed by atoms with Crippen LogP contribution >= 0.6 is 0 Å². The van der Waals surface area contributed by atoms with E-state index >= 15 is 0 Å². The van der Waals surface area contributed by atoms with Gasteiger partial charge in [0.05, 0.1) is 10.8 Å². The molecule has 0 unspecified atom stereocenters. The van der Waals surface area contributed by atoms with Crippen molar-refractivity contribution in [3.63, 3.8) is 0 Å². The summed E-state index contributed by atoms with van der Waals surface area (Å²) in [6.07, 6.45) is 2.20. The van der Waals surface area contributed by atoms with Crippen LogP contribution in [0.1, 0.15) is 25.3 Å². The van der Waals surface area contributed by atoms with E-state index < -0.39 is 10.0 Å². The first-order valence-corrected chi connectivity index (χ1v) is 10.4. The molecule has 1 heterocycles. The van der Waals surface area contributed by atoms with E-state index in [4.69, 9.17) is 0 Å². The van der Waals surface area contributed by atoms with Gasteiger partial charge in [-0.2, -0.15) is 4.31 Å². The maximum Gasteiger partial charge on any atom is 0.243 e. The van der Waals surface area contributed by atoms with Gasteiger partial charge in [-0.25, -0.2) is 8.42 Å². The number of anilines is 1. The second-order valence-electron chi connectivity index (χ2n) is 6.52. The first kappa shape index (κ1) is 18.6. The van der Waals surface area contributed by atoms with Crippen molar-refractivity contribution >= 4 is 21.6 Å². The lowest BCUT2D eigenvalue weighted by Crippen LogP contribution is -2.43. The SMILES string of the molecule is CCc1ccccc1NC(=O)[C@@H]1CCCN(S(=O)(=O)c2ccccc2)C1. The summed E-state index contributed by atoms with van der Waals surface area (Å²) in [5.41, 5.74) is 1.88. The molecule has 1 saturated heterocycles. The van der Waals surface area contributed by atoms with E-state index in [-0.39, 0.29) is 23.3 Å². The van der Waals surface area contributed by atoms with Gasteiger partial charge in [0.2, 0.25) is 15.9 Å². The molecule has 0 radical (unpaired) electrons. The van der Waals surface area contributed by atoms with Crippen molar-refractivity contribution in [1.82, 2.24) is 4.31 Å². The molecule has 5 nitrogen and oxygen atoms in total. The average Bonchev–Trinajstić information content (AvgIpc) is 2.69. The number of carbonyl (C=O) groups excluding carboxylic acids is 1. The van der Waals surface area contributed by atoms with Crippen molar-refractivity contribution in [3.05, 3.63) is 60.2 Å². The molecule has 0 aromatic heterocycles. The molecule has 0 aliphatic carbocycles. The molecule has 0 spiro atoms. The van der Waals surface area contributed by atoms with Crippen molar-refractivity contribution in [2.75, 3.05) is 18.4 Å². The molecule has 2 aromatic rings. The molecular formula is C20H24N2O3S. The van der Waals surface area contributed by atoms with E-state index in [1.165, 1.54) is 4.31 Å². The second kappa shape index (κ2) is 8.01. The monoisotopic (exact) mass is 372 g/mol. The number of aryl methyl sites for hydroxylation is 1. The highest BCUT2D eigenvalue weighted by molar-refractivity contribution is 7.89. The Labute approximate surface area is 155 Å². The quantitative estimate of drug-likeness (QED) is 0.876. The fraction of sp³-hybridized carbons (Fsp3) is 0.350. The molecule has 138 valence electrons. The van der Waals surface area contributed by atoms with Gasteiger partial charge in [-0.05, 0) is 43.0 Å². The van der Waals surface area contributed by atoms with Crippen LogP contribution in [0.25, 0.3) is 0 Å². The Kier molecular flexibility index (Phi) is 5.74. The van der Waals surface area contributed by atoms with Crippen LogP contribution in [-0.4, -0.2) is 31.7 Å². The van der Waals surface area contributed by atoms with Crippen molar-refractivity contribution in [2.24, 2.45) is 5.92 Å². The molecular weight excluding hydrogens is 348 g/mol. The predicted molar refractivity (Wildman–Crippen MR) is 102 cm³/mol. The van der Waals surface area contributed by atoms with Crippen LogP contribution in [0.5, 0.6) is 0 Å². The third-order valence-electron chi connectivity index (χ3n) is 4.79. The van der Waals surface area contributed by atoms with E-state index in [1.54, 1.807) is 30.3 Å². The van der Waals surface area contributed by atoms with Gasteiger partial charge in [0.15, 0.2) is 0 Å². The highest BCUT2D eigenvalue weighted by Gasteiger charge is 2.33.